The van der Waals surface area contributed by atoms with Crippen LogP contribution < -0.4 is 4.74 Å². The summed E-state index contributed by atoms with van der Waals surface area (Å²) in [6, 6.07) is 5.96. The zero-order valence-electron chi connectivity index (χ0n) is 12.9. The molecule has 0 atom stereocenters. The molecule has 0 saturated carbocycles. The fourth-order valence-corrected chi connectivity index (χ4v) is 6.05. The number of hydrogen-bond acceptors (Lipinski definition) is 2. The highest BCUT2D eigenvalue weighted by molar-refractivity contribution is 6.77. The number of methoxy groups -OCH3 is 1. The van der Waals surface area contributed by atoms with E-state index in [2.05, 4.69) is 18.0 Å². The van der Waals surface area contributed by atoms with Crippen molar-refractivity contribution >= 4 is 8.07 Å². The molecule has 0 spiro atoms. The first-order valence-electron chi connectivity index (χ1n) is 7.55. The van der Waals surface area contributed by atoms with Gasteiger partial charge in [-0.3, -0.25) is 0 Å². The first-order chi connectivity index (χ1) is 9.50. The van der Waals surface area contributed by atoms with Crippen molar-refractivity contribution < 1.29 is 9.13 Å². The number of hydrogen-bond donors (Lipinski definition) is 0. The number of nitrogens with zero attached hydrogens (tertiary/aromatic N) is 1. The normalized spacial score (nSPS) is 17.2. The number of ether oxygens (including phenoxy) is 1. The summed E-state index contributed by atoms with van der Waals surface area (Å²) in [6.07, 6.45) is 5.17. The minimum absolute atomic E-state index is 0.0926. The van der Waals surface area contributed by atoms with Crippen LogP contribution in [0.5, 0.6) is 5.75 Å². The summed E-state index contributed by atoms with van der Waals surface area (Å²) in [5.74, 6) is 0.661. The summed E-state index contributed by atoms with van der Waals surface area (Å²) in [5.41, 5.74) is 0.818. The minimum atomic E-state index is -1.47. The fourth-order valence-electron chi connectivity index (χ4n) is 3.11. The number of rotatable bonds is 5. The van der Waals surface area contributed by atoms with E-state index >= 15 is 0 Å². The molecule has 1 aromatic rings. The molecular weight excluding hydrogens is 269 g/mol. The average molecular weight is 295 g/mol. The summed E-state index contributed by atoms with van der Waals surface area (Å²) in [6.45, 7) is 7.16. The SMILES string of the molecule is COc1ccc(F)c(C[Si](C)(C)CN2CCCCC2)c1. The van der Waals surface area contributed by atoms with Crippen molar-refractivity contribution in [3.63, 3.8) is 0 Å². The highest BCUT2D eigenvalue weighted by Crippen LogP contribution is 2.22. The molecule has 0 bridgehead atoms. The molecule has 1 aliphatic rings. The first kappa shape index (κ1) is 15.5. The van der Waals surface area contributed by atoms with Crippen molar-refractivity contribution in [3.05, 3.63) is 29.6 Å². The van der Waals surface area contributed by atoms with Gasteiger partial charge in [-0.25, -0.2) is 4.39 Å². The minimum Gasteiger partial charge on any atom is -0.497 e. The average Bonchev–Trinajstić information content (AvgIpc) is 2.41. The molecule has 1 aliphatic heterocycles. The third-order valence-electron chi connectivity index (χ3n) is 4.02. The van der Waals surface area contributed by atoms with Crippen LogP contribution >= 0.6 is 0 Å². The summed E-state index contributed by atoms with van der Waals surface area (Å²) < 4.78 is 19.2. The van der Waals surface area contributed by atoms with E-state index in [0.717, 1.165) is 17.4 Å². The Labute approximate surface area is 122 Å². The van der Waals surface area contributed by atoms with Crippen molar-refractivity contribution in [3.8, 4) is 5.75 Å². The van der Waals surface area contributed by atoms with E-state index in [1.807, 2.05) is 6.07 Å². The lowest BCUT2D eigenvalue weighted by molar-refractivity contribution is 0.258. The van der Waals surface area contributed by atoms with Gasteiger partial charge in [0.2, 0.25) is 0 Å². The van der Waals surface area contributed by atoms with Gasteiger partial charge in [0.15, 0.2) is 0 Å². The van der Waals surface area contributed by atoms with E-state index in [4.69, 9.17) is 4.74 Å². The van der Waals surface area contributed by atoms with E-state index < -0.39 is 8.07 Å². The number of likely N-dealkylation sites (tertiary alicyclic amines) is 1. The molecule has 0 amide bonds. The second-order valence-corrected chi connectivity index (χ2v) is 11.6. The van der Waals surface area contributed by atoms with Crippen molar-refractivity contribution in [2.45, 2.75) is 38.4 Å². The summed E-state index contributed by atoms with van der Waals surface area (Å²) in [5, 5.41) is 0. The highest BCUT2D eigenvalue weighted by Gasteiger charge is 2.26. The van der Waals surface area contributed by atoms with E-state index in [9.17, 15) is 4.39 Å². The van der Waals surface area contributed by atoms with Crippen LogP contribution in [0, 0.1) is 5.82 Å². The Morgan fingerprint density at radius 3 is 2.55 bits per heavy atom. The zero-order chi connectivity index (χ0) is 14.6. The highest BCUT2D eigenvalue weighted by atomic mass is 28.3. The van der Waals surface area contributed by atoms with E-state index in [0.29, 0.717) is 0 Å². The monoisotopic (exact) mass is 295 g/mol. The van der Waals surface area contributed by atoms with E-state index in [1.54, 1.807) is 13.2 Å². The van der Waals surface area contributed by atoms with Crippen LogP contribution in [0.3, 0.4) is 0 Å². The molecule has 0 aromatic heterocycles. The van der Waals surface area contributed by atoms with Crippen LogP contribution in [0.2, 0.25) is 13.1 Å². The van der Waals surface area contributed by atoms with Gasteiger partial charge >= 0.3 is 0 Å². The number of halogens is 1. The van der Waals surface area contributed by atoms with Gasteiger partial charge in [-0.1, -0.05) is 19.5 Å². The topological polar surface area (TPSA) is 12.5 Å². The van der Waals surface area contributed by atoms with Crippen molar-refractivity contribution in [1.82, 2.24) is 4.90 Å². The predicted molar refractivity (Wildman–Crippen MR) is 84.4 cm³/mol. The molecule has 2 nitrogen and oxygen atoms in total. The number of benzene rings is 1. The molecule has 1 aromatic carbocycles. The Bertz CT molecular complexity index is 444. The Morgan fingerprint density at radius 1 is 1.20 bits per heavy atom. The van der Waals surface area contributed by atoms with Crippen LogP contribution in [0.25, 0.3) is 0 Å². The van der Waals surface area contributed by atoms with Gasteiger partial charge < -0.3 is 9.64 Å². The standard InChI is InChI=1S/C16H26FNOSi/c1-19-15-7-8-16(17)14(11-15)12-20(2,3)13-18-9-5-4-6-10-18/h7-8,11H,4-6,9-10,12-13H2,1-3H3. The smallest absolute Gasteiger partial charge is 0.126 e. The molecule has 0 unspecified atom stereocenters. The Balaban J connectivity index is 2.02. The fraction of sp³-hybridized carbons (Fsp3) is 0.625. The third-order valence-corrected chi connectivity index (χ3v) is 6.66. The van der Waals surface area contributed by atoms with Gasteiger partial charge in [-0.05, 0) is 61.9 Å². The van der Waals surface area contributed by atoms with Crippen LogP contribution in [0.15, 0.2) is 18.2 Å². The van der Waals surface area contributed by atoms with Gasteiger partial charge in [-0.15, -0.1) is 0 Å². The molecular formula is C16H26FNOSi. The third kappa shape index (κ3) is 4.32. The van der Waals surface area contributed by atoms with Crippen LogP contribution in [-0.4, -0.2) is 39.3 Å². The summed E-state index contributed by atoms with van der Waals surface area (Å²) >= 11 is 0. The van der Waals surface area contributed by atoms with Crippen LogP contribution in [0.4, 0.5) is 4.39 Å². The zero-order valence-corrected chi connectivity index (χ0v) is 13.9. The predicted octanol–water partition coefficient (Wildman–Crippen LogP) is 3.65. The lowest BCUT2D eigenvalue weighted by atomic mass is 10.1. The molecule has 112 valence electrons. The Kier molecular flexibility index (Phi) is 5.21. The molecule has 4 heteroatoms. The molecule has 20 heavy (non-hydrogen) atoms. The summed E-state index contributed by atoms with van der Waals surface area (Å²) in [4.78, 5) is 2.58. The van der Waals surface area contributed by atoms with Gasteiger partial charge in [0.05, 0.1) is 15.2 Å². The van der Waals surface area contributed by atoms with Crippen LogP contribution in [-0.2, 0) is 6.04 Å². The second kappa shape index (κ2) is 6.72. The maximum Gasteiger partial charge on any atom is 0.126 e. The maximum absolute atomic E-state index is 14.0. The lowest BCUT2D eigenvalue weighted by Gasteiger charge is -2.34. The van der Waals surface area contributed by atoms with E-state index in [-0.39, 0.29) is 5.82 Å². The first-order valence-corrected chi connectivity index (χ1v) is 11.0. The van der Waals surface area contributed by atoms with Crippen molar-refractivity contribution in [2.24, 2.45) is 0 Å². The Morgan fingerprint density at radius 2 is 1.90 bits per heavy atom. The lowest BCUT2D eigenvalue weighted by Crippen LogP contribution is -2.46. The largest absolute Gasteiger partial charge is 0.497 e. The Hall–Kier alpha value is -0.873. The molecule has 1 heterocycles. The molecule has 2 rings (SSSR count). The quantitative estimate of drug-likeness (QED) is 0.769. The van der Waals surface area contributed by atoms with E-state index in [1.165, 1.54) is 44.6 Å². The van der Waals surface area contributed by atoms with Crippen LogP contribution in [0.1, 0.15) is 24.8 Å². The van der Waals surface area contributed by atoms with Crippen molar-refractivity contribution in [1.29, 1.82) is 0 Å². The summed E-state index contributed by atoms with van der Waals surface area (Å²) in [7, 11) is 0.164. The number of piperidine rings is 1. The molecule has 0 N–H and O–H groups in total. The van der Waals surface area contributed by atoms with Gasteiger partial charge in [-0.2, -0.15) is 0 Å². The van der Waals surface area contributed by atoms with Crippen molar-refractivity contribution in [2.75, 3.05) is 26.4 Å². The van der Waals surface area contributed by atoms with Gasteiger partial charge in [0.25, 0.3) is 0 Å². The molecule has 0 aliphatic carbocycles. The molecule has 1 fully saturated rings. The van der Waals surface area contributed by atoms with Gasteiger partial charge in [0, 0.05) is 0 Å². The second-order valence-electron chi connectivity index (χ2n) is 6.64. The maximum atomic E-state index is 14.0. The molecule has 0 radical (unpaired) electrons. The van der Waals surface area contributed by atoms with Gasteiger partial charge in [0.1, 0.15) is 11.6 Å². The molecule has 1 saturated heterocycles.